The minimum atomic E-state index is -0.0195. The second-order valence-electron chi connectivity index (χ2n) is 7.48. The second-order valence-corrected chi connectivity index (χ2v) is 7.48. The molecule has 0 aromatic carbocycles. The van der Waals surface area contributed by atoms with Gasteiger partial charge in [0.05, 0.1) is 11.1 Å². The number of nitrogens with zero attached hydrogens (tertiary/aromatic N) is 1. The van der Waals surface area contributed by atoms with Crippen LogP contribution in [0.3, 0.4) is 0 Å². The Morgan fingerprint density at radius 1 is 1.05 bits per heavy atom. The van der Waals surface area contributed by atoms with Gasteiger partial charge >= 0.3 is 0 Å². The maximum Gasteiger partial charge on any atom is 0.0682 e. The van der Waals surface area contributed by atoms with Crippen LogP contribution in [0.2, 0.25) is 0 Å². The zero-order valence-electron chi connectivity index (χ0n) is 13.3. The van der Waals surface area contributed by atoms with Gasteiger partial charge in [-0.25, -0.2) is 0 Å². The molecule has 2 nitrogen and oxygen atoms in total. The summed E-state index contributed by atoms with van der Waals surface area (Å²) in [5.74, 6) is 0.615. The predicted octanol–water partition coefficient (Wildman–Crippen LogP) is 5.07. The van der Waals surface area contributed by atoms with Crippen molar-refractivity contribution in [1.29, 1.82) is 0 Å². The summed E-state index contributed by atoms with van der Waals surface area (Å²) in [6, 6.07) is 0. The topological polar surface area (TPSA) is 23.5 Å². The highest BCUT2D eigenvalue weighted by Crippen LogP contribution is 2.54. The summed E-state index contributed by atoms with van der Waals surface area (Å²) < 4.78 is 0. The van der Waals surface area contributed by atoms with E-state index in [0.29, 0.717) is 5.92 Å². The average molecular weight is 277 g/mol. The molecule has 2 aliphatic carbocycles. The van der Waals surface area contributed by atoms with Crippen molar-refractivity contribution in [2.45, 2.75) is 95.6 Å². The monoisotopic (exact) mass is 277 g/mol. The Hall–Kier alpha value is -0.340. The summed E-state index contributed by atoms with van der Waals surface area (Å²) in [4.78, 5) is 0. The Kier molecular flexibility index (Phi) is 3.98. The Labute approximate surface area is 124 Å². The fourth-order valence-electron chi connectivity index (χ4n) is 5.01. The molecule has 2 spiro atoms. The fraction of sp³-hybridized carbons (Fsp3) is 0.889. The van der Waals surface area contributed by atoms with Crippen LogP contribution in [0.5, 0.6) is 0 Å². The Morgan fingerprint density at radius 2 is 1.60 bits per heavy atom. The van der Waals surface area contributed by atoms with Crippen LogP contribution in [0.25, 0.3) is 0 Å². The first-order valence-electron chi connectivity index (χ1n) is 8.87. The van der Waals surface area contributed by atoms with Gasteiger partial charge in [0, 0.05) is 0 Å². The number of hydroxylamine groups is 2. The van der Waals surface area contributed by atoms with Gasteiger partial charge in [-0.3, -0.25) is 0 Å². The highest BCUT2D eigenvalue weighted by atomic mass is 16.5. The molecule has 1 heterocycles. The number of rotatable bonds is 2. The van der Waals surface area contributed by atoms with Crippen LogP contribution in [0.1, 0.15) is 84.5 Å². The molecule has 20 heavy (non-hydrogen) atoms. The molecule has 114 valence electrons. The van der Waals surface area contributed by atoms with Crippen LogP contribution in [0, 0.1) is 5.92 Å². The molecule has 1 N–H and O–H groups in total. The molecule has 2 saturated carbocycles. The first kappa shape index (κ1) is 14.6. The summed E-state index contributed by atoms with van der Waals surface area (Å²) >= 11 is 0. The lowest BCUT2D eigenvalue weighted by atomic mass is 9.73. The summed E-state index contributed by atoms with van der Waals surface area (Å²) in [7, 11) is 0. The maximum absolute atomic E-state index is 11.2. The third-order valence-corrected chi connectivity index (χ3v) is 6.33. The van der Waals surface area contributed by atoms with E-state index in [0.717, 1.165) is 12.8 Å². The van der Waals surface area contributed by atoms with E-state index in [1.54, 1.807) is 5.57 Å². The van der Waals surface area contributed by atoms with Gasteiger partial charge in [-0.1, -0.05) is 58.4 Å². The lowest BCUT2D eigenvalue weighted by Crippen LogP contribution is -2.56. The van der Waals surface area contributed by atoms with E-state index in [2.05, 4.69) is 19.9 Å². The standard InChI is InChI=1S/C18H31NO/c1-3-15(2)16-14-17(10-6-4-7-11-17)19(20)18(16)12-8-5-9-13-18/h14-15,20H,3-13H2,1-2H3. The number of hydrogen-bond donors (Lipinski definition) is 1. The highest BCUT2D eigenvalue weighted by molar-refractivity contribution is 5.35. The summed E-state index contributed by atoms with van der Waals surface area (Å²) in [6.45, 7) is 4.65. The first-order chi connectivity index (χ1) is 9.65. The van der Waals surface area contributed by atoms with E-state index >= 15 is 0 Å². The van der Waals surface area contributed by atoms with E-state index in [1.807, 2.05) is 5.06 Å². The molecule has 1 aliphatic heterocycles. The second kappa shape index (κ2) is 5.46. The van der Waals surface area contributed by atoms with Crippen LogP contribution in [0.4, 0.5) is 0 Å². The van der Waals surface area contributed by atoms with Crippen molar-refractivity contribution in [2.75, 3.05) is 0 Å². The molecule has 1 unspecified atom stereocenters. The lowest BCUT2D eigenvalue weighted by molar-refractivity contribution is -0.221. The van der Waals surface area contributed by atoms with E-state index in [4.69, 9.17) is 0 Å². The Balaban J connectivity index is 1.98. The molecule has 0 aromatic heterocycles. The van der Waals surface area contributed by atoms with Gasteiger partial charge in [0.15, 0.2) is 0 Å². The van der Waals surface area contributed by atoms with E-state index < -0.39 is 0 Å². The smallest absolute Gasteiger partial charge is 0.0682 e. The van der Waals surface area contributed by atoms with Crippen molar-refractivity contribution >= 4 is 0 Å². The average Bonchev–Trinajstić information content (AvgIpc) is 2.72. The molecule has 0 amide bonds. The van der Waals surface area contributed by atoms with E-state index in [9.17, 15) is 5.21 Å². The molecule has 0 aromatic rings. The van der Waals surface area contributed by atoms with Crippen LogP contribution in [-0.4, -0.2) is 21.3 Å². The number of hydrogen-bond acceptors (Lipinski definition) is 2. The molecular formula is C18H31NO. The van der Waals surface area contributed by atoms with E-state index in [-0.39, 0.29) is 11.1 Å². The van der Waals surface area contributed by atoms with Crippen molar-refractivity contribution in [1.82, 2.24) is 5.06 Å². The third-order valence-electron chi connectivity index (χ3n) is 6.33. The van der Waals surface area contributed by atoms with Gasteiger partial charge < -0.3 is 5.21 Å². The summed E-state index contributed by atoms with van der Waals surface area (Å²) in [5, 5.41) is 13.0. The fourth-order valence-corrected chi connectivity index (χ4v) is 5.01. The molecule has 3 aliphatic rings. The van der Waals surface area contributed by atoms with Gasteiger partial charge in [-0.05, 0) is 43.6 Å². The predicted molar refractivity (Wildman–Crippen MR) is 82.8 cm³/mol. The maximum atomic E-state index is 11.2. The van der Waals surface area contributed by atoms with Crippen molar-refractivity contribution in [2.24, 2.45) is 5.92 Å². The molecule has 1 atom stereocenters. The lowest BCUT2D eigenvalue weighted by Gasteiger charge is -2.48. The van der Waals surface area contributed by atoms with Gasteiger partial charge in [0.25, 0.3) is 0 Å². The Morgan fingerprint density at radius 3 is 2.15 bits per heavy atom. The summed E-state index contributed by atoms with van der Waals surface area (Å²) in [6.07, 6.45) is 16.2. The SMILES string of the molecule is CCC(C)C1=CC2(CCCCC2)N(O)C12CCCCC2. The van der Waals surface area contributed by atoms with Gasteiger partial charge in [0.2, 0.25) is 0 Å². The van der Waals surface area contributed by atoms with Gasteiger partial charge in [-0.15, -0.1) is 0 Å². The minimum absolute atomic E-state index is 0.00891. The van der Waals surface area contributed by atoms with Crippen molar-refractivity contribution < 1.29 is 5.21 Å². The molecular weight excluding hydrogens is 246 g/mol. The Bertz CT molecular complexity index is 375. The van der Waals surface area contributed by atoms with Gasteiger partial charge in [0.1, 0.15) is 0 Å². The zero-order chi connectivity index (χ0) is 14.2. The highest BCUT2D eigenvalue weighted by Gasteiger charge is 2.55. The first-order valence-corrected chi connectivity index (χ1v) is 8.87. The minimum Gasteiger partial charge on any atom is -0.312 e. The zero-order valence-corrected chi connectivity index (χ0v) is 13.3. The third kappa shape index (κ3) is 2.07. The molecule has 0 bridgehead atoms. The summed E-state index contributed by atoms with van der Waals surface area (Å²) in [5.41, 5.74) is 1.54. The van der Waals surface area contributed by atoms with Gasteiger partial charge in [-0.2, -0.15) is 5.06 Å². The molecule has 0 saturated heterocycles. The normalized spacial score (nSPS) is 30.6. The van der Waals surface area contributed by atoms with Crippen LogP contribution < -0.4 is 0 Å². The molecule has 2 heteroatoms. The van der Waals surface area contributed by atoms with Crippen LogP contribution in [0.15, 0.2) is 11.6 Å². The molecule has 0 radical (unpaired) electrons. The molecule has 2 fully saturated rings. The van der Waals surface area contributed by atoms with Crippen molar-refractivity contribution in [3.05, 3.63) is 11.6 Å². The van der Waals surface area contributed by atoms with Crippen LogP contribution >= 0.6 is 0 Å². The van der Waals surface area contributed by atoms with Crippen molar-refractivity contribution in [3.63, 3.8) is 0 Å². The van der Waals surface area contributed by atoms with E-state index in [1.165, 1.54) is 57.8 Å². The molecule has 3 rings (SSSR count). The largest absolute Gasteiger partial charge is 0.312 e. The quantitative estimate of drug-likeness (QED) is 0.712. The van der Waals surface area contributed by atoms with Crippen molar-refractivity contribution in [3.8, 4) is 0 Å². The van der Waals surface area contributed by atoms with Crippen LogP contribution in [-0.2, 0) is 0 Å².